The third-order valence-electron chi connectivity index (χ3n) is 3.50. The molecule has 1 N–H and O–H groups in total. The van der Waals surface area contributed by atoms with Crippen LogP contribution in [-0.2, 0) is 4.74 Å². The predicted octanol–water partition coefficient (Wildman–Crippen LogP) is 1.58. The van der Waals surface area contributed by atoms with Gasteiger partial charge in [0.15, 0.2) is 0 Å². The maximum Gasteiger partial charge on any atom is 0.255 e. The van der Waals surface area contributed by atoms with Crippen LogP contribution in [0.25, 0.3) is 11.3 Å². The Morgan fingerprint density at radius 1 is 1.20 bits per heavy atom. The summed E-state index contributed by atoms with van der Waals surface area (Å²) in [6.45, 7) is 4.63. The molecule has 1 aromatic heterocycles. The Labute approximate surface area is 117 Å². The van der Waals surface area contributed by atoms with Crippen molar-refractivity contribution in [2.75, 3.05) is 31.2 Å². The van der Waals surface area contributed by atoms with Gasteiger partial charge in [-0.15, -0.1) is 0 Å². The zero-order valence-electron chi connectivity index (χ0n) is 11.4. The minimum Gasteiger partial charge on any atom is -0.378 e. The molecule has 5 heteroatoms. The summed E-state index contributed by atoms with van der Waals surface area (Å²) in [4.78, 5) is 21.7. The predicted molar refractivity (Wildman–Crippen MR) is 78.1 cm³/mol. The summed E-state index contributed by atoms with van der Waals surface area (Å²) < 4.78 is 5.33. The number of rotatable bonds is 2. The van der Waals surface area contributed by atoms with Crippen molar-refractivity contribution in [2.24, 2.45) is 0 Å². The molecule has 0 radical (unpaired) electrons. The third-order valence-corrected chi connectivity index (χ3v) is 3.50. The van der Waals surface area contributed by atoms with Gasteiger partial charge in [-0.05, 0) is 6.92 Å². The first-order chi connectivity index (χ1) is 9.75. The topological polar surface area (TPSA) is 58.2 Å². The first-order valence-corrected chi connectivity index (χ1v) is 6.75. The van der Waals surface area contributed by atoms with E-state index in [4.69, 9.17) is 4.74 Å². The van der Waals surface area contributed by atoms with Gasteiger partial charge in [-0.2, -0.15) is 0 Å². The molecule has 20 heavy (non-hydrogen) atoms. The number of hydrogen-bond donors (Lipinski definition) is 1. The van der Waals surface area contributed by atoms with Crippen LogP contribution in [0, 0.1) is 6.92 Å². The van der Waals surface area contributed by atoms with Crippen LogP contribution in [0.2, 0.25) is 0 Å². The van der Waals surface area contributed by atoms with Gasteiger partial charge in [-0.25, -0.2) is 4.98 Å². The van der Waals surface area contributed by atoms with Crippen molar-refractivity contribution in [1.82, 2.24) is 9.97 Å². The molecule has 2 heterocycles. The van der Waals surface area contributed by atoms with Crippen LogP contribution in [0.15, 0.2) is 35.1 Å². The lowest BCUT2D eigenvalue weighted by molar-refractivity contribution is 0.122. The van der Waals surface area contributed by atoms with Gasteiger partial charge in [0.2, 0.25) is 5.95 Å². The molecule has 1 aromatic carbocycles. The number of hydrogen-bond acceptors (Lipinski definition) is 4. The molecule has 0 aliphatic carbocycles. The van der Waals surface area contributed by atoms with Gasteiger partial charge in [0.25, 0.3) is 5.56 Å². The first-order valence-electron chi connectivity index (χ1n) is 6.75. The van der Waals surface area contributed by atoms with Crippen molar-refractivity contribution < 1.29 is 4.74 Å². The fourth-order valence-electron chi connectivity index (χ4n) is 2.32. The van der Waals surface area contributed by atoms with Gasteiger partial charge >= 0.3 is 0 Å². The van der Waals surface area contributed by atoms with Crippen molar-refractivity contribution in [3.63, 3.8) is 0 Å². The average molecular weight is 271 g/mol. The average Bonchev–Trinajstić information content (AvgIpc) is 2.51. The number of morpholine rings is 1. The Hall–Kier alpha value is -2.14. The van der Waals surface area contributed by atoms with E-state index in [1.165, 1.54) is 0 Å². The Balaban J connectivity index is 2.06. The van der Waals surface area contributed by atoms with Crippen molar-refractivity contribution in [3.8, 4) is 11.3 Å². The van der Waals surface area contributed by atoms with Gasteiger partial charge < -0.3 is 9.64 Å². The van der Waals surface area contributed by atoms with Crippen molar-refractivity contribution in [1.29, 1.82) is 0 Å². The molecular formula is C15H17N3O2. The third kappa shape index (κ3) is 2.44. The SMILES string of the molecule is Cc1c(-c2ccccc2)nc(N2CCOCC2)[nH]c1=O. The summed E-state index contributed by atoms with van der Waals surface area (Å²) in [5.41, 5.74) is 2.27. The second-order valence-corrected chi connectivity index (χ2v) is 4.83. The number of anilines is 1. The molecule has 1 fully saturated rings. The second-order valence-electron chi connectivity index (χ2n) is 4.83. The van der Waals surface area contributed by atoms with Crippen LogP contribution in [-0.4, -0.2) is 36.3 Å². The number of H-pyrrole nitrogens is 1. The van der Waals surface area contributed by atoms with E-state index in [9.17, 15) is 4.79 Å². The Morgan fingerprint density at radius 2 is 1.90 bits per heavy atom. The van der Waals surface area contributed by atoms with E-state index in [0.29, 0.717) is 24.7 Å². The minimum atomic E-state index is -0.0830. The van der Waals surface area contributed by atoms with E-state index >= 15 is 0 Å². The van der Waals surface area contributed by atoms with Crippen LogP contribution in [0.1, 0.15) is 5.56 Å². The number of aromatic nitrogens is 2. The number of nitrogens with one attached hydrogen (secondary N) is 1. The quantitative estimate of drug-likeness (QED) is 0.901. The van der Waals surface area contributed by atoms with E-state index in [-0.39, 0.29) is 5.56 Å². The highest BCUT2D eigenvalue weighted by atomic mass is 16.5. The van der Waals surface area contributed by atoms with Crippen LogP contribution < -0.4 is 10.5 Å². The van der Waals surface area contributed by atoms with Gasteiger partial charge in [0, 0.05) is 24.2 Å². The molecule has 0 spiro atoms. The normalized spacial score (nSPS) is 15.3. The number of nitrogens with zero attached hydrogens (tertiary/aromatic N) is 2. The van der Waals surface area contributed by atoms with Gasteiger partial charge in [-0.1, -0.05) is 30.3 Å². The standard InChI is InChI=1S/C15H17N3O2/c1-11-13(12-5-3-2-4-6-12)16-15(17-14(11)19)18-7-9-20-10-8-18/h2-6H,7-10H2,1H3,(H,16,17,19). The molecule has 2 aromatic rings. The summed E-state index contributed by atoms with van der Waals surface area (Å²) in [6, 6.07) is 9.79. The van der Waals surface area contributed by atoms with E-state index in [0.717, 1.165) is 24.3 Å². The van der Waals surface area contributed by atoms with E-state index in [1.807, 2.05) is 30.3 Å². The molecule has 0 bridgehead atoms. The smallest absolute Gasteiger partial charge is 0.255 e. The van der Waals surface area contributed by atoms with Gasteiger partial charge in [0.05, 0.1) is 18.9 Å². The summed E-state index contributed by atoms with van der Waals surface area (Å²) >= 11 is 0. The highest BCUT2D eigenvalue weighted by molar-refractivity contribution is 5.63. The van der Waals surface area contributed by atoms with Gasteiger partial charge in [0.1, 0.15) is 0 Å². The minimum absolute atomic E-state index is 0.0830. The van der Waals surface area contributed by atoms with Crippen LogP contribution in [0.4, 0.5) is 5.95 Å². The molecule has 3 rings (SSSR count). The van der Waals surface area contributed by atoms with Crippen molar-refractivity contribution in [3.05, 3.63) is 46.2 Å². The summed E-state index contributed by atoms with van der Waals surface area (Å²) in [6.07, 6.45) is 0. The summed E-state index contributed by atoms with van der Waals surface area (Å²) in [7, 11) is 0. The Bertz CT molecular complexity index is 646. The fourth-order valence-corrected chi connectivity index (χ4v) is 2.32. The zero-order chi connectivity index (χ0) is 13.9. The largest absolute Gasteiger partial charge is 0.378 e. The van der Waals surface area contributed by atoms with Crippen molar-refractivity contribution in [2.45, 2.75) is 6.92 Å². The lowest BCUT2D eigenvalue weighted by Crippen LogP contribution is -2.38. The van der Waals surface area contributed by atoms with Crippen LogP contribution >= 0.6 is 0 Å². The molecule has 1 aliphatic heterocycles. The number of benzene rings is 1. The molecule has 1 saturated heterocycles. The van der Waals surface area contributed by atoms with Crippen molar-refractivity contribution >= 4 is 5.95 Å². The molecule has 0 unspecified atom stereocenters. The lowest BCUT2D eigenvalue weighted by Gasteiger charge is -2.27. The molecule has 0 amide bonds. The Kier molecular flexibility index (Phi) is 3.52. The zero-order valence-corrected chi connectivity index (χ0v) is 11.4. The Morgan fingerprint density at radius 3 is 2.60 bits per heavy atom. The molecule has 1 aliphatic rings. The molecule has 104 valence electrons. The first kappa shape index (κ1) is 12.9. The summed E-state index contributed by atoms with van der Waals surface area (Å²) in [5.74, 6) is 0.628. The maximum absolute atomic E-state index is 12.1. The van der Waals surface area contributed by atoms with E-state index in [2.05, 4.69) is 14.9 Å². The highest BCUT2D eigenvalue weighted by Gasteiger charge is 2.16. The lowest BCUT2D eigenvalue weighted by atomic mass is 10.1. The second kappa shape index (κ2) is 5.46. The molecule has 0 atom stereocenters. The monoisotopic (exact) mass is 271 g/mol. The number of ether oxygens (including phenoxy) is 1. The fraction of sp³-hybridized carbons (Fsp3) is 0.333. The van der Waals surface area contributed by atoms with E-state index in [1.54, 1.807) is 6.92 Å². The molecular weight excluding hydrogens is 254 g/mol. The van der Waals surface area contributed by atoms with Crippen LogP contribution in [0.3, 0.4) is 0 Å². The number of aromatic amines is 1. The van der Waals surface area contributed by atoms with E-state index < -0.39 is 0 Å². The summed E-state index contributed by atoms with van der Waals surface area (Å²) in [5, 5.41) is 0. The van der Waals surface area contributed by atoms with Crippen LogP contribution in [0.5, 0.6) is 0 Å². The highest BCUT2D eigenvalue weighted by Crippen LogP contribution is 2.20. The van der Waals surface area contributed by atoms with Gasteiger partial charge in [-0.3, -0.25) is 9.78 Å². The maximum atomic E-state index is 12.1. The molecule has 0 saturated carbocycles. The molecule has 5 nitrogen and oxygen atoms in total.